The molecule has 0 radical (unpaired) electrons. The van der Waals surface area contributed by atoms with Gasteiger partial charge in [0, 0.05) is 24.2 Å². The predicted molar refractivity (Wildman–Crippen MR) is 51.9 cm³/mol. The lowest BCUT2D eigenvalue weighted by Gasteiger charge is -2.63. The fourth-order valence-electron chi connectivity index (χ4n) is 3.69. The Labute approximate surface area is 84.1 Å². The Hall–Kier alpha value is -0.160. The van der Waals surface area contributed by atoms with E-state index < -0.39 is 0 Å². The van der Waals surface area contributed by atoms with Crippen LogP contribution in [0.5, 0.6) is 0 Å². The summed E-state index contributed by atoms with van der Waals surface area (Å²) in [6, 6.07) is 1.07. The van der Waals surface area contributed by atoms with Gasteiger partial charge in [-0.3, -0.25) is 9.80 Å². The van der Waals surface area contributed by atoms with Gasteiger partial charge in [-0.15, -0.1) is 0 Å². The Balaban J connectivity index is 1.98. The van der Waals surface area contributed by atoms with Crippen LogP contribution in [0.2, 0.25) is 0 Å². The van der Waals surface area contributed by atoms with Gasteiger partial charge in [0.25, 0.3) is 0 Å². The Kier molecular flexibility index (Phi) is 1.75. The maximum atomic E-state index is 10.1. The molecule has 0 unspecified atom stereocenters. The van der Waals surface area contributed by atoms with E-state index in [2.05, 4.69) is 9.80 Å². The summed E-state index contributed by atoms with van der Waals surface area (Å²) >= 11 is 0. The van der Waals surface area contributed by atoms with Crippen molar-refractivity contribution in [3.05, 3.63) is 0 Å². The summed E-state index contributed by atoms with van der Waals surface area (Å²) < 4.78 is 0. The zero-order valence-corrected chi connectivity index (χ0v) is 8.67. The third-order valence-electron chi connectivity index (χ3n) is 4.64. The zero-order chi connectivity index (χ0) is 10.0. The highest BCUT2D eigenvalue weighted by atomic mass is 16.3. The topological polar surface area (TPSA) is 46.9 Å². The molecule has 14 heavy (non-hydrogen) atoms. The Morgan fingerprint density at radius 2 is 1.07 bits per heavy atom. The maximum absolute atomic E-state index is 10.1. The number of hydrogen-bond donors (Lipinski definition) is 2. The quantitative estimate of drug-likeness (QED) is 0.517. The molecule has 0 aromatic carbocycles. The van der Waals surface area contributed by atoms with Crippen molar-refractivity contribution in [3.8, 4) is 0 Å². The van der Waals surface area contributed by atoms with Crippen LogP contribution in [0.3, 0.4) is 0 Å². The van der Waals surface area contributed by atoms with E-state index in [0.29, 0.717) is 0 Å². The average Bonchev–Trinajstić information content (AvgIpc) is 2.13. The zero-order valence-electron chi connectivity index (χ0n) is 8.67. The molecule has 0 aliphatic carbocycles. The summed E-state index contributed by atoms with van der Waals surface area (Å²) in [5.41, 5.74) is 0. The fraction of sp³-hybridized carbons (Fsp3) is 1.00. The standard InChI is InChI=1S/C10H18N2O2/c1-11-5-3-7-10(14)6(11)4-8(9(5)13)12(7)2/h5-10,13-14H,3-4H2,1-2H3/t5-,6-,7-,8-,9?,10?/m0/s1. The lowest BCUT2D eigenvalue weighted by molar-refractivity contribution is -0.201. The van der Waals surface area contributed by atoms with E-state index >= 15 is 0 Å². The third-order valence-corrected chi connectivity index (χ3v) is 4.64. The SMILES string of the molecule is CN1[C@H]2C[C@H]3C(O)[C@@H]1C[C@@H](C2O)N3C. The number of likely N-dealkylation sites (N-methyl/N-ethyl adjacent to an activating group) is 2. The highest BCUT2D eigenvalue weighted by molar-refractivity contribution is 5.13. The number of rotatable bonds is 0. The van der Waals surface area contributed by atoms with Crippen LogP contribution in [0.4, 0.5) is 0 Å². The van der Waals surface area contributed by atoms with Crippen LogP contribution < -0.4 is 0 Å². The van der Waals surface area contributed by atoms with Gasteiger partial charge < -0.3 is 10.2 Å². The van der Waals surface area contributed by atoms with Crippen molar-refractivity contribution in [1.82, 2.24) is 9.80 Å². The molecular formula is C10H18N2O2. The Morgan fingerprint density at radius 3 is 1.36 bits per heavy atom. The minimum absolute atomic E-state index is 0.231. The highest BCUT2D eigenvalue weighted by Gasteiger charge is 2.57. The molecule has 0 aromatic heterocycles. The van der Waals surface area contributed by atoms with E-state index in [-0.39, 0.29) is 36.4 Å². The van der Waals surface area contributed by atoms with Crippen LogP contribution in [-0.4, -0.2) is 70.5 Å². The van der Waals surface area contributed by atoms with Gasteiger partial charge in [-0.2, -0.15) is 0 Å². The number of nitrogens with zero attached hydrogens (tertiary/aromatic N) is 2. The molecule has 4 saturated heterocycles. The molecule has 4 fully saturated rings. The largest absolute Gasteiger partial charge is 0.390 e. The molecule has 4 heterocycles. The Morgan fingerprint density at radius 1 is 0.786 bits per heavy atom. The van der Waals surface area contributed by atoms with E-state index in [1.807, 2.05) is 14.1 Å². The molecule has 2 N–H and O–H groups in total. The van der Waals surface area contributed by atoms with E-state index in [1.165, 1.54) is 0 Å². The van der Waals surface area contributed by atoms with Gasteiger partial charge in [0.1, 0.15) is 0 Å². The normalized spacial score (nSPS) is 58.3. The summed E-state index contributed by atoms with van der Waals surface area (Å²) in [5, 5.41) is 20.2. The van der Waals surface area contributed by atoms with Gasteiger partial charge in [-0.1, -0.05) is 0 Å². The van der Waals surface area contributed by atoms with Gasteiger partial charge in [-0.05, 0) is 26.9 Å². The predicted octanol–water partition coefficient (Wildman–Crippen LogP) is -1.13. The number of piperidine rings is 4. The summed E-state index contributed by atoms with van der Waals surface area (Å²) in [6.45, 7) is 0. The van der Waals surface area contributed by atoms with Crippen molar-refractivity contribution < 1.29 is 10.2 Å². The molecule has 0 amide bonds. The van der Waals surface area contributed by atoms with Crippen molar-refractivity contribution in [2.45, 2.75) is 49.2 Å². The minimum atomic E-state index is -0.231. The number of hydrogen-bond acceptors (Lipinski definition) is 4. The van der Waals surface area contributed by atoms with Crippen molar-refractivity contribution in [2.24, 2.45) is 0 Å². The highest BCUT2D eigenvalue weighted by Crippen LogP contribution is 2.42. The van der Waals surface area contributed by atoms with Gasteiger partial charge in [0.15, 0.2) is 0 Å². The molecule has 4 atom stereocenters. The molecule has 0 saturated carbocycles. The van der Waals surface area contributed by atoms with Gasteiger partial charge in [-0.25, -0.2) is 0 Å². The first-order valence-corrected chi connectivity index (χ1v) is 5.41. The first-order valence-electron chi connectivity index (χ1n) is 5.41. The second-order valence-electron chi connectivity index (χ2n) is 5.05. The smallest absolute Gasteiger partial charge is 0.0851 e. The Bertz CT molecular complexity index is 195. The van der Waals surface area contributed by atoms with Crippen molar-refractivity contribution in [2.75, 3.05) is 14.1 Å². The maximum Gasteiger partial charge on any atom is 0.0851 e. The van der Waals surface area contributed by atoms with Gasteiger partial charge >= 0.3 is 0 Å². The summed E-state index contributed by atoms with van der Waals surface area (Å²) in [7, 11) is 4.05. The summed E-state index contributed by atoms with van der Waals surface area (Å²) in [4.78, 5) is 4.35. The molecule has 4 aliphatic rings. The van der Waals surface area contributed by atoms with Gasteiger partial charge in [0.2, 0.25) is 0 Å². The van der Waals surface area contributed by atoms with E-state index in [4.69, 9.17) is 0 Å². The average molecular weight is 198 g/mol. The number of aliphatic hydroxyl groups is 2. The van der Waals surface area contributed by atoms with Crippen LogP contribution in [-0.2, 0) is 0 Å². The van der Waals surface area contributed by atoms with Crippen LogP contribution >= 0.6 is 0 Å². The first-order chi connectivity index (χ1) is 6.61. The van der Waals surface area contributed by atoms with Crippen molar-refractivity contribution in [1.29, 1.82) is 0 Å². The molecule has 80 valence electrons. The molecule has 4 heteroatoms. The van der Waals surface area contributed by atoms with Gasteiger partial charge in [0.05, 0.1) is 12.2 Å². The van der Waals surface area contributed by atoms with Crippen LogP contribution in [0.15, 0.2) is 0 Å². The minimum Gasteiger partial charge on any atom is -0.390 e. The fourth-order valence-corrected chi connectivity index (χ4v) is 3.69. The third kappa shape index (κ3) is 0.877. The van der Waals surface area contributed by atoms with Crippen LogP contribution in [0.25, 0.3) is 0 Å². The van der Waals surface area contributed by atoms with Crippen molar-refractivity contribution in [3.63, 3.8) is 0 Å². The number of aliphatic hydroxyl groups excluding tert-OH is 2. The lowest BCUT2D eigenvalue weighted by atomic mass is 9.70. The molecule has 4 rings (SSSR count). The summed E-state index contributed by atoms with van der Waals surface area (Å²) in [6.07, 6.45) is 1.35. The van der Waals surface area contributed by atoms with E-state index in [9.17, 15) is 10.2 Å². The molecule has 0 aromatic rings. The van der Waals surface area contributed by atoms with Crippen LogP contribution in [0, 0.1) is 0 Å². The monoisotopic (exact) mass is 198 g/mol. The molecular weight excluding hydrogens is 180 g/mol. The second-order valence-corrected chi connectivity index (χ2v) is 5.05. The molecule has 4 bridgehead atoms. The molecule has 0 spiro atoms. The van der Waals surface area contributed by atoms with E-state index in [1.54, 1.807) is 0 Å². The van der Waals surface area contributed by atoms with Crippen LogP contribution in [0.1, 0.15) is 12.8 Å². The first kappa shape index (κ1) is 9.09. The molecule has 4 aliphatic heterocycles. The molecule has 4 nitrogen and oxygen atoms in total. The summed E-state index contributed by atoms with van der Waals surface area (Å²) in [5.74, 6) is 0. The second kappa shape index (κ2) is 2.70. The van der Waals surface area contributed by atoms with E-state index in [0.717, 1.165) is 12.8 Å². The lowest BCUT2D eigenvalue weighted by Crippen LogP contribution is -2.78. The van der Waals surface area contributed by atoms with Crippen molar-refractivity contribution >= 4 is 0 Å².